The lowest BCUT2D eigenvalue weighted by atomic mass is 10.0. The molecule has 0 saturated heterocycles. The summed E-state index contributed by atoms with van der Waals surface area (Å²) in [5.74, 6) is 0.741. The van der Waals surface area contributed by atoms with E-state index in [1.807, 2.05) is 6.07 Å². The molecule has 2 rings (SSSR count). The van der Waals surface area contributed by atoms with Crippen molar-refractivity contribution in [2.24, 2.45) is 5.73 Å². The Bertz CT molecular complexity index is 584. The molecule has 0 aliphatic rings. The molecule has 100 valence electrons. The summed E-state index contributed by atoms with van der Waals surface area (Å²) in [6.07, 6.45) is 0. The lowest BCUT2D eigenvalue weighted by Gasteiger charge is -2.15. The van der Waals surface area contributed by atoms with Gasteiger partial charge in [0, 0.05) is 17.7 Å². The Morgan fingerprint density at radius 2 is 1.79 bits per heavy atom. The van der Waals surface area contributed by atoms with Crippen molar-refractivity contribution >= 4 is 0 Å². The Hall–Kier alpha value is -2.07. The minimum Gasteiger partial charge on any atom is -0.493 e. The van der Waals surface area contributed by atoms with Crippen molar-refractivity contribution in [1.82, 2.24) is 0 Å². The van der Waals surface area contributed by atoms with Crippen LogP contribution in [0.2, 0.25) is 0 Å². The molecule has 0 atom stereocenters. The van der Waals surface area contributed by atoms with E-state index in [0.717, 1.165) is 5.56 Å². The molecule has 2 N–H and O–H groups in total. The van der Waals surface area contributed by atoms with Crippen LogP contribution in [0.4, 0.5) is 4.39 Å². The second kappa shape index (κ2) is 5.71. The molecule has 0 unspecified atom stereocenters. The predicted octanol–water partition coefficient (Wildman–Crippen LogP) is 2.97. The van der Waals surface area contributed by atoms with Gasteiger partial charge in [-0.05, 0) is 23.8 Å². The molecule has 0 radical (unpaired) electrons. The van der Waals surface area contributed by atoms with Crippen LogP contribution in [0.5, 0.6) is 11.5 Å². The first-order valence-corrected chi connectivity index (χ1v) is 5.91. The van der Waals surface area contributed by atoms with Crippen LogP contribution < -0.4 is 15.2 Å². The number of rotatable bonds is 4. The largest absolute Gasteiger partial charge is 0.493 e. The molecule has 2 aromatic rings. The molecule has 0 amide bonds. The zero-order valence-electron chi connectivity index (χ0n) is 10.9. The highest BCUT2D eigenvalue weighted by molar-refractivity contribution is 5.75. The van der Waals surface area contributed by atoms with Gasteiger partial charge in [-0.15, -0.1) is 0 Å². The second-order valence-electron chi connectivity index (χ2n) is 4.06. The molecule has 2 aromatic carbocycles. The zero-order valence-corrected chi connectivity index (χ0v) is 10.9. The average Bonchev–Trinajstić information content (AvgIpc) is 2.46. The van der Waals surface area contributed by atoms with E-state index < -0.39 is 0 Å². The van der Waals surface area contributed by atoms with Gasteiger partial charge in [0.2, 0.25) is 0 Å². The van der Waals surface area contributed by atoms with Gasteiger partial charge in [0.25, 0.3) is 0 Å². The fourth-order valence-electron chi connectivity index (χ4n) is 2.02. The number of methoxy groups -OCH3 is 2. The third-order valence-electron chi connectivity index (χ3n) is 2.94. The molecular weight excluding hydrogens is 245 g/mol. The second-order valence-corrected chi connectivity index (χ2v) is 4.06. The Kier molecular flexibility index (Phi) is 4.02. The summed E-state index contributed by atoms with van der Waals surface area (Å²) >= 11 is 0. The van der Waals surface area contributed by atoms with Crippen LogP contribution in [0.3, 0.4) is 0 Å². The average molecular weight is 261 g/mol. The van der Waals surface area contributed by atoms with Crippen molar-refractivity contribution in [2.75, 3.05) is 14.2 Å². The van der Waals surface area contributed by atoms with Crippen LogP contribution in [0.1, 0.15) is 5.56 Å². The van der Waals surface area contributed by atoms with Crippen LogP contribution >= 0.6 is 0 Å². The van der Waals surface area contributed by atoms with E-state index in [2.05, 4.69) is 0 Å². The molecule has 0 aliphatic heterocycles. The van der Waals surface area contributed by atoms with Gasteiger partial charge in [-0.3, -0.25) is 0 Å². The first-order chi connectivity index (χ1) is 9.21. The minimum atomic E-state index is -0.308. The summed E-state index contributed by atoms with van der Waals surface area (Å²) < 4.78 is 24.6. The predicted molar refractivity (Wildman–Crippen MR) is 72.8 cm³/mol. The molecule has 0 aliphatic carbocycles. The van der Waals surface area contributed by atoms with Gasteiger partial charge >= 0.3 is 0 Å². The van der Waals surface area contributed by atoms with Crippen LogP contribution in [-0.2, 0) is 6.54 Å². The van der Waals surface area contributed by atoms with Gasteiger partial charge in [-0.1, -0.05) is 18.2 Å². The number of benzene rings is 2. The monoisotopic (exact) mass is 261 g/mol. The van der Waals surface area contributed by atoms with E-state index in [1.165, 1.54) is 13.2 Å². The highest BCUT2D eigenvalue weighted by Crippen LogP contribution is 2.40. The molecule has 0 heterocycles. The molecule has 0 spiro atoms. The molecule has 19 heavy (non-hydrogen) atoms. The summed E-state index contributed by atoms with van der Waals surface area (Å²) in [6, 6.07) is 10.2. The summed E-state index contributed by atoms with van der Waals surface area (Å²) in [6.45, 7) is 0.349. The SMILES string of the molecule is COc1cc(CN)cc(-c2ccccc2F)c1OC. The van der Waals surface area contributed by atoms with Crippen LogP contribution in [0.25, 0.3) is 11.1 Å². The topological polar surface area (TPSA) is 44.5 Å². The Morgan fingerprint density at radius 3 is 2.37 bits per heavy atom. The Morgan fingerprint density at radius 1 is 1.05 bits per heavy atom. The van der Waals surface area contributed by atoms with Crippen molar-refractivity contribution in [2.45, 2.75) is 6.54 Å². The van der Waals surface area contributed by atoms with Crippen LogP contribution in [-0.4, -0.2) is 14.2 Å². The maximum absolute atomic E-state index is 13.9. The smallest absolute Gasteiger partial charge is 0.168 e. The van der Waals surface area contributed by atoms with E-state index in [4.69, 9.17) is 15.2 Å². The van der Waals surface area contributed by atoms with Gasteiger partial charge in [0.15, 0.2) is 11.5 Å². The Balaban J connectivity index is 2.70. The lowest BCUT2D eigenvalue weighted by Crippen LogP contribution is -2.01. The summed E-state index contributed by atoms with van der Waals surface area (Å²) in [4.78, 5) is 0. The van der Waals surface area contributed by atoms with E-state index in [-0.39, 0.29) is 5.82 Å². The first-order valence-electron chi connectivity index (χ1n) is 5.91. The molecule has 0 saturated carbocycles. The van der Waals surface area contributed by atoms with Crippen LogP contribution in [0, 0.1) is 5.82 Å². The van der Waals surface area contributed by atoms with Gasteiger partial charge in [-0.25, -0.2) is 4.39 Å². The molecule has 0 fully saturated rings. The lowest BCUT2D eigenvalue weighted by molar-refractivity contribution is 0.355. The summed E-state index contributed by atoms with van der Waals surface area (Å²) in [5, 5.41) is 0. The number of hydrogen-bond donors (Lipinski definition) is 1. The quantitative estimate of drug-likeness (QED) is 0.920. The third kappa shape index (κ3) is 2.53. The summed E-state index contributed by atoms with van der Waals surface area (Å²) in [7, 11) is 3.08. The van der Waals surface area contributed by atoms with Crippen molar-refractivity contribution in [3.8, 4) is 22.6 Å². The van der Waals surface area contributed by atoms with E-state index in [0.29, 0.717) is 29.2 Å². The van der Waals surface area contributed by atoms with Crippen molar-refractivity contribution in [1.29, 1.82) is 0 Å². The standard InChI is InChI=1S/C15H16FNO2/c1-18-14-8-10(9-17)7-12(15(14)19-2)11-5-3-4-6-13(11)16/h3-8H,9,17H2,1-2H3. The number of hydrogen-bond acceptors (Lipinski definition) is 3. The number of nitrogens with two attached hydrogens (primary N) is 1. The molecule has 0 bridgehead atoms. The Labute approximate surface area is 111 Å². The number of halogens is 1. The van der Waals surface area contributed by atoms with E-state index in [1.54, 1.807) is 31.4 Å². The van der Waals surface area contributed by atoms with E-state index in [9.17, 15) is 4.39 Å². The molecule has 4 heteroatoms. The fraction of sp³-hybridized carbons (Fsp3) is 0.200. The maximum Gasteiger partial charge on any atom is 0.168 e. The molecule has 0 aromatic heterocycles. The van der Waals surface area contributed by atoms with Gasteiger partial charge in [-0.2, -0.15) is 0 Å². The molecule has 3 nitrogen and oxygen atoms in total. The van der Waals surface area contributed by atoms with Crippen molar-refractivity contribution in [3.05, 3.63) is 47.8 Å². The minimum absolute atomic E-state index is 0.308. The van der Waals surface area contributed by atoms with Crippen molar-refractivity contribution < 1.29 is 13.9 Å². The first kappa shape index (κ1) is 13.4. The van der Waals surface area contributed by atoms with Gasteiger partial charge in [0.05, 0.1) is 14.2 Å². The van der Waals surface area contributed by atoms with Gasteiger partial charge < -0.3 is 15.2 Å². The van der Waals surface area contributed by atoms with Crippen LogP contribution in [0.15, 0.2) is 36.4 Å². The normalized spacial score (nSPS) is 10.3. The maximum atomic E-state index is 13.9. The number of ether oxygens (including phenoxy) is 2. The third-order valence-corrected chi connectivity index (χ3v) is 2.94. The van der Waals surface area contributed by atoms with Crippen molar-refractivity contribution in [3.63, 3.8) is 0 Å². The molecular formula is C15H16FNO2. The summed E-state index contributed by atoms with van der Waals surface area (Å²) in [5.41, 5.74) is 7.62. The fourth-order valence-corrected chi connectivity index (χ4v) is 2.02. The highest BCUT2D eigenvalue weighted by atomic mass is 19.1. The van der Waals surface area contributed by atoms with E-state index >= 15 is 0 Å². The highest BCUT2D eigenvalue weighted by Gasteiger charge is 2.16. The van der Waals surface area contributed by atoms with Gasteiger partial charge in [0.1, 0.15) is 5.82 Å². The zero-order chi connectivity index (χ0) is 13.8.